The first-order valence-corrected chi connectivity index (χ1v) is 21.6. The number of para-hydroxylation sites is 5. The minimum absolute atomic E-state index is 0.468. The van der Waals surface area contributed by atoms with Crippen LogP contribution < -0.4 is 5.32 Å². The van der Waals surface area contributed by atoms with Gasteiger partial charge < -0.3 is 23.3 Å². The molecule has 300 valence electrons. The zero-order valence-electron chi connectivity index (χ0n) is 34.2. The molecule has 0 amide bonds. The van der Waals surface area contributed by atoms with E-state index in [1.165, 1.54) is 0 Å². The average molecular weight is 822 g/mol. The predicted octanol–water partition coefficient (Wildman–Crippen LogP) is 14.2. The molecule has 0 aliphatic carbocycles. The second-order valence-electron chi connectivity index (χ2n) is 16.5. The van der Waals surface area contributed by atoms with Gasteiger partial charge in [0.2, 0.25) is 0 Å². The monoisotopic (exact) mass is 821 g/mol. The van der Waals surface area contributed by atoms with Gasteiger partial charge in [-0.25, -0.2) is 9.98 Å². The molecule has 0 bridgehead atoms. The quantitative estimate of drug-likeness (QED) is 0.188. The van der Waals surface area contributed by atoms with Gasteiger partial charge in [-0.1, -0.05) is 158 Å². The maximum Gasteiger partial charge on any atom is 0.159 e. The first-order chi connectivity index (χ1) is 31.8. The molecule has 1 aliphatic rings. The number of nitrogens with one attached hydrogen (secondary N) is 1. The normalized spacial score (nSPS) is 14.4. The lowest BCUT2D eigenvalue weighted by molar-refractivity contribution is 0.660. The second kappa shape index (κ2) is 13.4. The minimum Gasteiger partial charge on any atom is -0.455 e. The van der Waals surface area contributed by atoms with Crippen LogP contribution in [-0.2, 0) is 0 Å². The highest BCUT2D eigenvalue weighted by molar-refractivity contribution is 6.39. The van der Waals surface area contributed by atoms with E-state index < -0.39 is 6.17 Å². The van der Waals surface area contributed by atoms with Gasteiger partial charge in [-0.15, -0.1) is 0 Å². The SMILES string of the molecule is c1ccc(C2=NC(c3ccc(-n4c5ccccc5c5c6oc7ccccc7c6c6c(c7ccccc7n6-c6ccccc6)c54)c4oc5ccccc5c34)NC(c3ccccc3)=N2)cc1. The lowest BCUT2D eigenvalue weighted by Gasteiger charge is -2.24. The summed E-state index contributed by atoms with van der Waals surface area (Å²) in [6.07, 6.45) is -0.468. The summed E-state index contributed by atoms with van der Waals surface area (Å²) in [6, 6.07) is 69.8. The Morgan fingerprint density at radius 1 is 0.422 bits per heavy atom. The minimum atomic E-state index is -0.468. The largest absolute Gasteiger partial charge is 0.455 e. The third-order valence-corrected chi connectivity index (χ3v) is 13.0. The molecule has 5 heterocycles. The molecule has 1 atom stereocenters. The lowest BCUT2D eigenvalue weighted by Crippen LogP contribution is -2.33. The third-order valence-electron chi connectivity index (χ3n) is 13.0. The van der Waals surface area contributed by atoms with Crippen LogP contribution >= 0.6 is 0 Å². The standard InChI is InChI=1S/C57H35N5O2/c1-4-18-34(19-5-1)55-58-56(35-20-6-2-7-21-35)60-57(59-55)41-32-33-44(53-47(41)39-26-12-16-30-45(39)63-53)62-43-29-15-11-25-38(43)49-52(62)48-37-24-10-14-28-42(37)61(36-22-8-3-9-23-36)51(48)50-40-27-13-17-31-46(40)64-54(49)50/h1-33,57H,(H,58,59,60). The van der Waals surface area contributed by atoms with Crippen LogP contribution in [-0.4, -0.2) is 20.8 Å². The third kappa shape index (κ3) is 4.92. The van der Waals surface area contributed by atoms with Gasteiger partial charge in [0.25, 0.3) is 0 Å². The summed E-state index contributed by atoms with van der Waals surface area (Å²) in [5.41, 5.74) is 12.6. The molecule has 9 aromatic carbocycles. The van der Waals surface area contributed by atoms with Crippen LogP contribution in [0.25, 0.3) is 98.9 Å². The summed E-state index contributed by atoms with van der Waals surface area (Å²) in [5, 5.41) is 12.4. The number of furan rings is 2. The summed E-state index contributed by atoms with van der Waals surface area (Å²) >= 11 is 0. The lowest BCUT2D eigenvalue weighted by atomic mass is 10.0. The molecule has 0 radical (unpaired) electrons. The summed E-state index contributed by atoms with van der Waals surface area (Å²) in [6.45, 7) is 0. The Hall–Kier alpha value is -8.68. The number of fused-ring (bicyclic) bond motifs is 15. The predicted molar refractivity (Wildman–Crippen MR) is 262 cm³/mol. The van der Waals surface area contributed by atoms with Crippen LogP contribution in [0.3, 0.4) is 0 Å². The Balaban J connectivity index is 1.13. The van der Waals surface area contributed by atoms with E-state index in [4.69, 9.17) is 18.8 Å². The maximum atomic E-state index is 7.11. The molecule has 13 aromatic rings. The number of amidine groups is 2. The number of benzene rings is 9. The van der Waals surface area contributed by atoms with E-state index in [0.29, 0.717) is 5.84 Å². The molecule has 1 N–H and O–H groups in total. The van der Waals surface area contributed by atoms with E-state index in [0.717, 1.165) is 121 Å². The summed E-state index contributed by atoms with van der Waals surface area (Å²) in [7, 11) is 0. The molecule has 1 aliphatic heterocycles. The summed E-state index contributed by atoms with van der Waals surface area (Å²) < 4.78 is 19.0. The Kier molecular flexibility index (Phi) is 7.33. The molecule has 14 rings (SSSR count). The fourth-order valence-electron chi connectivity index (χ4n) is 10.3. The number of hydrogen-bond donors (Lipinski definition) is 1. The van der Waals surface area contributed by atoms with Gasteiger partial charge in [0.05, 0.1) is 38.5 Å². The smallest absolute Gasteiger partial charge is 0.159 e. The number of rotatable bonds is 5. The molecular weight excluding hydrogens is 787 g/mol. The first kappa shape index (κ1) is 35.0. The van der Waals surface area contributed by atoms with Crippen LogP contribution in [0.2, 0.25) is 0 Å². The molecule has 0 saturated carbocycles. The van der Waals surface area contributed by atoms with Crippen LogP contribution in [0.15, 0.2) is 219 Å². The summed E-state index contributed by atoms with van der Waals surface area (Å²) in [5.74, 6) is 1.43. The van der Waals surface area contributed by atoms with Crippen molar-refractivity contribution in [2.24, 2.45) is 9.98 Å². The van der Waals surface area contributed by atoms with Gasteiger partial charge in [-0.3, -0.25) is 0 Å². The van der Waals surface area contributed by atoms with Crippen LogP contribution in [0.1, 0.15) is 22.9 Å². The molecule has 4 aromatic heterocycles. The molecule has 64 heavy (non-hydrogen) atoms. The molecule has 7 heteroatoms. The van der Waals surface area contributed by atoms with Crippen LogP contribution in [0.5, 0.6) is 0 Å². The zero-order chi connectivity index (χ0) is 41.9. The van der Waals surface area contributed by atoms with Crippen molar-refractivity contribution in [3.63, 3.8) is 0 Å². The van der Waals surface area contributed by atoms with Crippen molar-refractivity contribution in [1.29, 1.82) is 0 Å². The Morgan fingerprint density at radius 2 is 0.938 bits per heavy atom. The number of hydrogen-bond acceptors (Lipinski definition) is 5. The van der Waals surface area contributed by atoms with Crippen molar-refractivity contribution < 1.29 is 8.83 Å². The van der Waals surface area contributed by atoms with E-state index in [1.807, 2.05) is 42.5 Å². The molecular formula is C57H35N5O2. The number of aliphatic imine (C=N–C) groups is 2. The fraction of sp³-hybridized carbons (Fsp3) is 0.0175. The molecule has 1 unspecified atom stereocenters. The number of nitrogens with zero attached hydrogens (tertiary/aromatic N) is 4. The number of aromatic nitrogens is 2. The van der Waals surface area contributed by atoms with Gasteiger partial charge in [0.15, 0.2) is 11.4 Å². The van der Waals surface area contributed by atoms with Gasteiger partial charge in [0.1, 0.15) is 28.8 Å². The highest BCUT2D eigenvalue weighted by Gasteiger charge is 2.31. The van der Waals surface area contributed by atoms with Crippen molar-refractivity contribution in [2.75, 3.05) is 0 Å². The zero-order valence-corrected chi connectivity index (χ0v) is 34.2. The van der Waals surface area contributed by atoms with Crippen LogP contribution in [0.4, 0.5) is 0 Å². The second-order valence-corrected chi connectivity index (χ2v) is 16.5. The Morgan fingerprint density at radius 3 is 1.64 bits per heavy atom. The van der Waals surface area contributed by atoms with Gasteiger partial charge in [0, 0.05) is 54.7 Å². The van der Waals surface area contributed by atoms with E-state index in [2.05, 4.69) is 172 Å². The highest BCUT2D eigenvalue weighted by Crippen LogP contribution is 2.50. The maximum absolute atomic E-state index is 7.11. The van der Waals surface area contributed by atoms with E-state index >= 15 is 0 Å². The van der Waals surface area contributed by atoms with Gasteiger partial charge >= 0.3 is 0 Å². The van der Waals surface area contributed by atoms with Crippen molar-refractivity contribution in [3.05, 3.63) is 217 Å². The van der Waals surface area contributed by atoms with E-state index in [9.17, 15) is 0 Å². The summed E-state index contributed by atoms with van der Waals surface area (Å²) in [4.78, 5) is 10.4. The van der Waals surface area contributed by atoms with Crippen LogP contribution in [0, 0.1) is 0 Å². The Labute approximate surface area is 365 Å². The van der Waals surface area contributed by atoms with Crippen molar-refractivity contribution in [1.82, 2.24) is 14.5 Å². The molecule has 0 fully saturated rings. The van der Waals surface area contributed by atoms with Crippen molar-refractivity contribution in [3.8, 4) is 11.4 Å². The fourth-order valence-corrected chi connectivity index (χ4v) is 10.3. The first-order valence-electron chi connectivity index (χ1n) is 21.6. The van der Waals surface area contributed by atoms with Crippen molar-refractivity contribution in [2.45, 2.75) is 6.17 Å². The molecule has 0 spiro atoms. The highest BCUT2D eigenvalue weighted by atomic mass is 16.3. The van der Waals surface area contributed by atoms with E-state index in [-0.39, 0.29) is 0 Å². The molecule has 7 nitrogen and oxygen atoms in total. The van der Waals surface area contributed by atoms with E-state index in [1.54, 1.807) is 0 Å². The van der Waals surface area contributed by atoms with Crippen molar-refractivity contribution >= 4 is 99.2 Å². The average Bonchev–Trinajstić information content (AvgIpc) is 4.13. The molecule has 0 saturated heterocycles. The Bertz CT molecular complexity index is 4100. The topological polar surface area (TPSA) is 72.9 Å². The van der Waals surface area contributed by atoms with Gasteiger partial charge in [-0.05, 0) is 42.5 Å². The van der Waals surface area contributed by atoms with Gasteiger partial charge in [-0.2, -0.15) is 0 Å².